The molecule has 1 aliphatic carbocycles. The lowest BCUT2D eigenvalue weighted by Gasteiger charge is -2.34. The number of aromatic nitrogens is 2. The summed E-state index contributed by atoms with van der Waals surface area (Å²) < 4.78 is 0. The van der Waals surface area contributed by atoms with Gasteiger partial charge in [0.2, 0.25) is 11.9 Å². The van der Waals surface area contributed by atoms with Crippen molar-refractivity contribution in [2.24, 2.45) is 5.92 Å². The van der Waals surface area contributed by atoms with Gasteiger partial charge < -0.3 is 21.1 Å². The van der Waals surface area contributed by atoms with Crippen LogP contribution in [0.2, 0.25) is 0 Å². The summed E-state index contributed by atoms with van der Waals surface area (Å²) in [6, 6.07) is 1.24. The number of hydrogen-bond donors (Lipinski definition) is 3. The molecule has 1 aromatic rings. The molecular formula is C19H29N5O3. The Labute approximate surface area is 159 Å². The standard InChI is InChI=1S/C19H29N5O3/c1-11(2)14-10-15(23-19(20)22-14)17(26)21-13-6-5-12(9-16(13)25)18(27)24-7-3-4-8-24/h10-13,16,25H,3-9H2,1-2H3,(H,21,26)(H2,20,22,23)/t12-,13+,16+/m0/s1. The zero-order valence-electron chi connectivity index (χ0n) is 16.0. The SMILES string of the molecule is CC(C)c1cc(C(=O)N[C@@H]2CC[C@H](C(=O)N3CCCC3)C[C@H]2O)nc(N)n1. The van der Waals surface area contributed by atoms with E-state index in [-0.39, 0.29) is 41.3 Å². The number of amides is 2. The predicted octanol–water partition coefficient (Wildman–Crippen LogP) is 1.06. The second-order valence-corrected chi connectivity index (χ2v) is 7.88. The van der Waals surface area contributed by atoms with E-state index in [1.54, 1.807) is 6.07 Å². The minimum Gasteiger partial charge on any atom is -0.391 e. The normalized spacial score (nSPS) is 25.6. The fraction of sp³-hybridized carbons (Fsp3) is 0.684. The van der Waals surface area contributed by atoms with Crippen molar-refractivity contribution in [3.8, 4) is 0 Å². The molecule has 0 aromatic carbocycles. The zero-order chi connectivity index (χ0) is 19.6. The molecule has 0 bridgehead atoms. The average molecular weight is 375 g/mol. The summed E-state index contributed by atoms with van der Waals surface area (Å²) in [6.07, 6.45) is 2.97. The summed E-state index contributed by atoms with van der Waals surface area (Å²) in [7, 11) is 0. The van der Waals surface area contributed by atoms with Crippen LogP contribution in [0.1, 0.15) is 68.1 Å². The molecule has 1 aliphatic heterocycles. The van der Waals surface area contributed by atoms with Gasteiger partial charge >= 0.3 is 0 Å². The number of aliphatic hydroxyl groups excluding tert-OH is 1. The van der Waals surface area contributed by atoms with E-state index in [4.69, 9.17) is 5.73 Å². The van der Waals surface area contributed by atoms with E-state index in [9.17, 15) is 14.7 Å². The summed E-state index contributed by atoms with van der Waals surface area (Å²) in [4.78, 5) is 35.1. The lowest BCUT2D eigenvalue weighted by atomic mass is 9.83. The van der Waals surface area contributed by atoms with Gasteiger partial charge in [-0.3, -0.25) is 9.59 Å². The topological polar surface area (TPSA) is 121 Å². The van der Waals surface area contributed by atoms with Crippen LogP contribution in [0.25, 0.3) is 0 Å². The van der Waals surface area contributed by atoms with E-state index in [1.165, 1.54) is 0 Å². The van der Waals surface area contributed by atoms with Crippen molar-refractivity contribution in [1.82, 2.24) is 20.2 Å². The molecule has 2 fully saturated rings. The molecule has 1 saturated carbocycles. The first-order valence-corrected chi connectivity index (χ1v) is 9.77. The van der Waals surface area contributed by atoms with Gasteiger partial charge in [0.1, 0.15) is 5.69 Å². The minimum absolute atomic E-state index is 0.0619. The van der Waals surface area contributed by atoms with Crippen LogP contribution in [-0.2, 0) is 4.79 Å². The highest BCUT2D eigenvalue weighted by atomic mass is 16.3. The molecule has 27 heavy (non-hydrogen) atoms. The molecule has 0 radical (unpaired) electrons. The average Bonchev–Trinajstić information content (AvgIpc) is 3.16. The molecule has 3 atom stereocenters. The van der Waals surface area contributed by atoms with Crippen LogP contribution in [0.5, 0.6) is 0 Å². The van der Waals surface area contributed by atoms with Gasteiger partial charge in [-0.1, -0.05) is 13.8 Å². The van der Waals surface area contributed by atoms with Gasteiger partial charge in [0.25, 0.3) is 5.91 Å². The number of carbonyl (C=O) groups excluding carboxylic acids is 2. The summed E-state index contributed by atoms with van der Waals surface area (Å²) in [5.41, 5.74) is 6.62. The molecule has 1 aromatic heterocycles. The molecule has 4 N–H and O–H groups in total. The summed E-state index contributed by atoms with van der Waals surface area (Å²) in [6.45, 7) is 5.57. The molecule has 0 spiro atoms. The van der Waals surface area contributed by atoms with Gasteiger partial charge in [-0.05, 0) is 44.1 Å². The van der Waals surface area contributed by atoms with E-state index in [0.29, 0.717) is 25.0 Å². The lowest BCUT2D eigenvalue weighted by molar-refractivity contribution is -0.137. The number of nitrogen functional groups attached to an aromatic ring is 1. The second-order valence-electron chi connectivity index (χ2n) is 7.88. The van der Waals surface area contributed by atoms with E-state index in [1.807, 2.05) is 18.7 Å². The Hall–Kier alpha value is -2.22. The van der Waals surface area contributed by atoms with Crippen molar-refractivity contribution in [1.29, 1.82) is 0 Å². The Kier molecular flexibility index (Phi) is 5.94. The van der Waals surface area contributed by atoms with Crippen molar-refractivity contribution in [2.75, 3.05) is 18.8 Å². The summed E-state index contributed by atoms with van der Waals surface area (Å²) >= 11 is 0. The number of anilines is 1. The quantitative estimate of drug-likeness (QED) is 0.723. The Morgan fingerprint density at radius 2 is 1.96 bits per heavy atom. The molecule has 2 heterocycles. The highest BCUT2D eigenvalue weighted by Crippen LogP contribution is 2.28. The highest BCUT2D eigenvalue weighted by molar-refractivity contribution is 5.93. The Bertz CT molecular complexity index is 703. The van der Waals surface area contributed by atoms with Crippen molar-refractivity contribution in [2.45, 2.75) is 64.0 Å². The van der Waals surface area contributed by atoms with Gasteiger partial charge in [0, 0.05) is 24.7 Å². The van der Waals surface area contributed by atoms with Crippen LogP contribution in [0.4, 0.5) is 5.95 Å². The van der Waals surface area contributed by atoms with E-state index in [2.05, 4.69) is 15.3 Å². The molecule has 3 rings (SSSR count). The van der Waals surface area contributed by atoms with Crippen LogP contribution in [0.15, 0.2) is 6.07 Å². The maximum absolute atomic E-state index is 12.6. The fourth-order valence-corrected chi connectivity index (χ4v) is 3.87. The number of rotatable bonds is 4. The van der Waals surface area contributed by atoms with Crippen LogP contribution >= 0.6 is 0 Å². The van der Waals surface area contributed by atoms with Crippen molar-refractivity contribution in [3.63, 3.8) is 0 Å². The van der Waals surface area contributed by atoms with Crippen LogP contribution in [0, 0.1) is 5.92 Å². The molecule has 0 unspecified atom stereocenters. The number of likely N-dealkylation sites (tertiary alicyclic amines) is 1. The van der Waals surface area contributed by atoms with Gasteiger partial charge in [-0.15, -0.1) is 0 Å². The van der Waals surface area contributed by atoms with Gasteiger partial charge in [0.05, 0.1) is 12.1 Å². The Balaban J connectivity index is 1.60. The molecule has 148 valence electrons. The van der Waals surface area contributed by atoms with Gasteiger partial charge in [-0.2, -0.15) is 0 Å². The number of nitrogens with two attached hydrogens (primary N) is 1. The first-order chi connectivity index (χ1) is 12.8. The zero-order valence-corrected chi connectivity index (χ0v) is 16.0. The molecule has 8 nitrogen and oxygen atoms in total. The van der Waals surface area contributed by atoms with Gasteiger partial charge in [0.15, 0.2) is 0 Å². The smallest absolute Gasteiger partial charge is 0.270 e. The fourth-order valence-electron chi connectivity index (χ4n) is 3.87. The second kappa shape index (κ2) is 8.21. The van der Waals surface area contributed by atoms with Crippen molar-refractivity contribution in [3.05, 3.63) is 17.5 Å². The maximum Gasteiger partial charge on any atom is 0.270 e. The molecule has 2 amide bonds. The third kappa shape index (κ3) is 4.55. The predicted molar refractivity (Wildman–Crippen MR) is 101 cm³/mol. The van der Waals surface area contributed by atoms with Gasteiger partial charge in [-0.25, -0.2) is 9.97 Å². The summed E-state index contributed by atoms with van der Waals surface area (Å²) in [5.74, 6) is -0.208. The highest BCUT2D eigenvalue weighted by Gasteiger charge is 2.36. The largest absolute Gasteiger partial charge is 0.391 e. The van der Waals surface area contributed by atoms with Crippen molar-refractivity contribution >= 4 is 17.8 Å². The van der Waals surface area contributed by atoms with Crippen molar-refractivity contribution < 1.29 is 14.7 Å². The number of aliphatic hydroxyl groups is 1. The maximum atomic E-state index is 12.6. The monoisotopic (exact) mass is 375 g/mol. The van der Waals surface area contributed by atoms with Crippen LogP contribution in [-0.4, -0.2) is 57.0 Å². The van der Waals surface area contributed by atoms with Crippen LogP contribution in [0.3, 0.4) is 0 Å². The molecule has 1 saturated heterocycles. The summed E-state index contributed by atoms with van der Waals surface area (Å²) in [5, 5.41) is 13.3. The third-order valence-corrected chi connectivity index (χ3v) is 5.49. The first kappa shape index (κ1) is 19.5. The number of carbonyl (C=O) groups is 2. The molecular weight excluding hydrogens is 346 g/mol. The third-order valence-electron chi connectivity index (χ3n) is 5.49. The number of hydrogen-bond acceptors (Lipinski definition) is 6. The molecule has 8 heteroatoms. The lowest BCUT2D eigenvalue weighted by Crippen LogP contribution is -2.49. The number of nitrogens with one attached hydrogen (secondary N) is 1. The first-order valence-electron chi connectivity index (χ1n) is 9.77. The van der Waals surface area contributed by atoms with E-state index >= 15 is 0 Å². The van der Waals surface area contributed by atoms with E-state index < -0.39 is 6.10 Å². The molecule has 2 aliphatic rings. The number of nitrogens with zero attached hydrogens (tertiary/aromatic N) is 3. The van der Waals surface area contributed by atoms with E-state index in [0.717, 1.165) is 25.9 Å². The Morgan fingerprint density at radius 3 is 2.59 bits per heavy atom. The van der Waals surface area contributed by atoms with Crippen LogP contribution < -0.4 is 11.1 Å². The minimum atomic E-state index is -0.747. The Morgan fingerprint density at radius 1 is 1.26 bits per heavy atom.